The van der Waals surface area contributed by atoms with E-state index in [1.165, 1.54) is 6.42 Å². The van der Waals surface area contributed by atoms with E-state index in [9.17, 15) is 4.79 Å². The van der Waals surface area contributed by atoms with E-state index in [2.05, 4.69) is 76.2 Å². The van der Waals surface area contributed by atoms with E-state index in [1.54, 1.807) is 0 Å². The molecule has 0 radical (unpaired) electrons. The number of hydrogen-bond donors (Lipinski definition) is 1. The molecule has 0 heterocycles. The first-order valence-corrected chi connectivity index (χ1v) is 11.6. The van der Waals surface area contributed by atoms with E-state index in [0.717, 1.165) is 31.6 Å². The normalized spacial score (nSPS) is 11.7. The maximum atomic E-state index is 11.0. The van der Waals surface area contributed by atoms with Crippen LogP contribution in [0.1, 0.15) is 130 Å². The Labute approximate surface area is 191 Å². The summed E-state index contributed by atoms with van der Waals surface area (Å²) >= 11 is 0. The predicted molar refractivity (Wildman–Crippen MR) is 136 cm³/mol. The van der Waals surface area contributed by atoms with Gasteiger partial charge in [0, 0.05) is 6.61 Å². The van der Waals surface area contributed by atoms with Crippen molar-refractivity contribution in [1.29, 1.82) is 0 Å². The highest BCUT2D eigenvalue weighted by Crippen LogP contribution is 2.23. The van der Waals surface area contributed by atoms with Crippen molar-refractivity contribution >= 4 is 5.97 Å². The zero-order chi connectivity index (χ0) is 23.9. The number of aliphatic hydroxyl groups excluding tert-OH is 1. The fraction of sp³-hybridized carbons (Fsp3) is 0.963. The smallest absolute Gasteiger partial charge is 0.308 e. The summed E-state index contributed by atoms with van der Waals surface area (Å²) in [7, 11) is 0. The lowest BCUT2D eigenvalue weighted by Crippen LogP contribution is -2.14. The third kappa shape index (κ3) is 41.7. The minimum absolute atomic E-state index is 0. The Hall–Kier alpha value is -0.570. The molecule has 0 aliphatic carbocycles. The minimum Gasteiger partial charge on any atom is -0.465 e. The summed E-state index contributed by atoms with van der Waals surface area (Å²) in [5.74, 6) is 0.749. The van der Waals surface area contributed by atoms with Crippen LogP contribution in [0, 0.1) is 28.1 Å². The van der Waals surface area contributed by atoms with Crippen molar-refractivity contribution in [1.82, 2.24) is 0 Å². The first-order valence-electron chi connectivity index (χ1n) is 11.6. The van der Waals surface area contributed by atoms with Gasteiger partial charge in [-0.1, -0.05) is 97.4 Å². The van der Waals surface area contributed by atoms with E-state index >= 15 is 0 Å². The van der Waals surface area contributed by atoms with E-state index in [0.29, 0.717) is 29.5 Å². The Bertz CT molecular complexity index is 376. The van der Waals surface area contributed by atoms with Crippen LogP contribution >= 0.6 is 0 Å². The molecule has 0 aromatic rings. The molecule has 0 aliphatic heterocycles. The fourth-order valence-corrected chi connectivity index (χ4v) is 2.78. The van der Waals surface area contributed by atoms with E-state index in [1.807, 2.05) is 13.8 Å². The molecule has 1 N–H and O–H groups in total. The van der Waals surface area contributed by atoms with Crippen LogP contribution in [-0.4, -0.2) is 24.3 Å². The molecule has 0 saturated carbocycles. The molecule has 186 valence electrons. The standard InChI is InChI=1S/C11H22O2.C8H18.C7H16O.CH4/c1-9(2)10(12)13-8-6-7-11(3,4)5;1-7(2)6-8(3,4)5;1-7(2,3)5-4-6-8;/h9H,6-8H2,1-5H3;7H,6H2,1-5H3;8H,4-6H2,1-3H3;1H4. The molecule has 3 nitrogen and oxygen atoms in total. The predicted octanol–water partition coefficient (Wildman–Crippen LogP) is 8.53. The van der Waals surface area contributed by atoms with Gasteiger partial charge in [0.1, 0.15) is 0 Å². The van der Waals surface area contributed by atoms with Crippen LogP contribution in [0.2, 0.25) is 0 Å². The highest BCUT2D eigenvalue weighted by atomic mass is 16.5. The number of ether oxygens (including phenoxy) is 1. The van der Waals surface area contributed by atoms with Gasteiger partial charge in [-0.2, -0.15) is 0 Å². The van der Waals surface area contributed by atoms with Gasteiger partial charge in [0.15, 0.2) is 0 Å². The molecule has 0 aromatic carbocycles. The quantitative estimate of drug-likeness (QED) is 0.324. The Morgan fingerprint density at radius 1 is 0.767 bits per heavy atom. The largest absolute Gasteiger partial charge is 0.465 e. The first-order chi connectivity index (χ1) is 12.8. The average molecular weight is 433 g/mol. The summed E-state index contributed by atoms with van der Waals surface area (Å²) in [6.07, 6.45) is 5.43. The van der Waals surface area contributed by atoms with Gasteiger partial charge in [-0.25, -0.2) is 0 Å². The average Bonchev–Trinajstić information content (AvgIpc) is 2.46. The molecule has 0 rings (SSSR count). The lowest BCUT2D eigenvalue weighted by atomic mass is 9.86. The molecule has 30 heavy (non-hydrogen) atoms. The second-order valence-electron chi connectivity index (χ2n) is 12.5. The van der Waals surface area contributed by atoms with E-state index < -0.39 is 0 Å². The number of rotatable bonds is 7. The van der Waals surface area contributed by atoms with Crippen LogP contribution in [0.3, 0.4) is 0 Å². The van der Waals surface area contributed by atoms with Crippen molar-refractivity contribution in [3.63, 3.8) is 0 Å². The van der Waals surface area contributed by atoms with Gasteiger partial charge in [0.25, 0.3) is 0 Å². The number of aliphatic hydroxyl groups is 1. The SMILES string of the molecule is C.CC(C)(C)CCCO.CC(C)C(=O)OCCCC(C)(C)C.CC(C)CC(C)(C)C. The zero-order valence-electron chi connectivity index (χ0n) is 22.4. The van der Waals surface area contributed by atoms with Gasteiger partial charge >= 0.3 is 5.97 Å². The highest BCUT2D eigenvalue weighted by molar-refractivity contribution is 5.71. The Morgan fingerprint density at radius 3 is 1.37 bits per heavy atom. The number of carbonyl (C=O) groups excluding carboxylic acids is 1. The molecule has 0 aliphatic rings. The van der Waals surface area contributed by atoms with Gasteiger partial charge in [0.2, 0.25) is 0 Å². The van der Waals surface area contributed by atoms with E-state index in [-0.39, 0.29) is 19.3 Å². The Morgan fingerprint density at radius 2 is 1.17 bits per heavy atom. The lowest BCUT2D eigenvalue weighted by Gasteiger charge is -2.19. The zero-order valence-corrected chi connectivity index (χ0v) is 22.4. The molecule has 3 heteroatoms. The summed E-state index contributed by atoms with van der Waals surface area (Å²) in [6, 6.07) is 0. The minimum atomic E-state index is -0.0890. The number of hydrogen-bond acceptors (Lipinski definition) is 3. The van der Waals surface area contributed by atoms with E-state index in [4.69, 9.17) is 9.84 Å². The first kappa shape index (κ1) is 36.8. The van der Waals surface area contributed by atoms with Gasteiger partial charge in [-0.05, 0) is 54.3 Å². The highest BCUT2D eigenvalue weighted by Gasteiger charge is 2.12. The van der Waals surface area contributed by atoms with Crippen LogP contribution in [0.15, 0.2) is 0 Å². The molecule has 0 aromatic heterocycles. The van der Waals surface area contributed by atoms with Gasteiger partial charge in [-0.15, -0.1) is 0 Å². The summed E-state index contributed by atoms with van der Waals surface area (Å²) in [6.45, 7) is 29.1. The molecule has 0 bridgehead atoms. The van der Waals surface area contributed by atoms with Crippen LogP contribution in [0.4, 0.5) is 0 Å². The van der Waals surface area contributed by atoms with Crippen LogP contribution in [0.25, 0.3) is 0 Å². The van der Waals surface area contributed by atoms with Crippen molar-refractivity contribution in [2.24, 2.45) is 28.1 Å². The van der Waals surface area contributed by atoms with Crippen LogP contribution in [-0.2, 0) is 9.53 Å². The maximum Gasteiger partial charge on any atom is 0.308 e. The monoisotopic (exact) mass is 432 g/mol. The molecule has 0 unspecified atom stereocenters. The molecule has 0 saturated heterocycles. The number of esters is 1. The maximum absolute atomic E-state index is 11.0. The molecular weight excluding hydrogens is 372 g/mol. The summed E-state index contributed by atoms with van der Waals surface area (Å²) < 4.78 is 5.06. The van der Waals surface area contributed by atoms with Crippen LogP contribution < -0.4 is 0 Å². The van der Waals surface area contributed by atoms with Crippen molar-refractivity contribution in [3.8, 4) is 0 Å². The van der Waals surface area contributed by atoms with Crippen LogP contribution in [0.5, 0.6) is 0 Å². The third-order valence-corrected chi connectivity index (χ3v) is 3.89. The van der Waals surface area contributed by atoms with Crippen molar-refractivity contribution in [3.05, 3.63) is 0 Å². The molecule has 0 atom stereocenters. The van der Waals surface area contributed by atoms with Gasteiger partial charge in [0.05, 0.1) is 12.5 Å². The molecule has 0 amide bonds. The summed E-state index contributed by atoms with van der Waals surface area (Å²) in [5.41, 5.74) is 1.25. The van der Waals surface area contributed by atoms with Crippen molar-refractivity contribution < 1.29 is 14.6 Å². The second kappa shape index (κ2) is 18.0. The Balaban J connectivity index is -0.000000174. The number of carbonyl (C=O) groups is 1. The molecule has 0 fully saturated rings. The van der Waals surface area contributed by atoms with Gasteiger partial charge in [-0.3, -0.25) is 4.79 Å². The molecular formula is C27H60O3. The summed E-state index contributed by atoms with van der Waals surface area (Å²) in [4.78, 5) is 11.0. The summed E-state index contributed by atoms with van der Waals surface area (Å²) in [5, 5.41) is 8.43. The topological polar surface area (TPSA) is 46.5 Å². The van der Waals surface area contributed by atoms with Crippen molar-refractivity contribution in [2.45, 2.75) is 130 Å². The fourth-order valence-electron chi connectivity index (χ4n) is 2.78. The second-order valence-corrected chi connectivity index (χ2v) is 12.5. The van der Waals surface area contributed by atoms with Crippen molar-refractivity contribution in [2.75, 3.05) is 13.2 Å². The lowest BCUT2D eigenvalue weighted by molar-refractivity contribution is -0.147. The third-order valence-electron chi connectivity index (χ3n) is 3.89. The Kier molecular flexibility index (Phi) is 22.1. The van der Waals surface area contributed by atoms with Gasteiger partial charge < -0.3 is 9.84 Å². The molecule has 0 spiro atoms.